The van der Waals surface area contributed by atoms with Crippen molar-refractivity contribution < 1.29 is 9.59 Å². The van der Waals surface area contributed by atoms with Crippen LogP contribution in [0.1, 0.15) is 45.4 Å². The van der Waals surface area contributed by atoms with E-state index < -0.39 is 0 Å². The van der Waals surface area contributed by atoms with Gasteiger partial charge < -0.3 is 15.1 Å². The first-order valence-electron chi connectivity index (χ1n) is 7.76. The lowest BCUT2D eigenvalue weighted by atomic mass is 10.0. The van der Waals surface area contributed by atoms with E-state index in [1.54, 1.807) is 19.0 Å². The second kappa shape index (κ2) is 8.95. The Morgan fingerprint density at radius 2 is 1.70 bits per heavy atom. The highest BCUT2D eigenvalue weighted by Crippen LogP contribution is 2.15. The summed E-state index contributed by atoms with van der Waals surface area (Å²) in [6, 6.07) is 0.383. The van der Waals surface area contributed by atoms with Crippen molar-refractivity contribution in [1.82, 2.24) is 15.1 Å². The summed E-state index contributed by atoms with van der Waals surface area (Å²) in [4.78, 5) is 27.5. The summed E-state index contributed by atoms with van der Waals surface area (Å²) in [7, 11) is 3.51. The molecule has 0 aromatic rings. The quantitative estimate of drug-likeness (QED) is 0.765. The van der Waals surface area contributed by atoms with Gasteiger partial charge in [-0.05, 0) is 38.8 Å². The summed E-state index contributed by atoms with van der Waals surface area (Å²) < 4.78 is 0. The van der Waals surface area contributed by atoms with Gasteiger partial charge in [-0.15, -0.1) is 0 Å². The molecule has 0 radical (unpaired) electrons. The molecule has 5 heteroatoms. The number of piperidine rings is 1. The van der Waals surface area contributed by atoms with Crippen LogP contribution in [0.3, 0.4) is 0 Å². The lowest BCUT2D eigenvalue weighted by molar-refractivity contribution is -0.134. The van der Waals surface area contributed by atoms with Gasteiger partial charge in [-0.1, -0.05) is 6.92 Å². The highest BCUT2D eigenvalue weighted by atomic mass is 16.2. The van der Waals surface area contributed by atoms with E-state index in [4.69, 9.17) is 0 Å². The Kier molecular flexibility index (Phi) is 7.59. The number of carbonyl (C=O) groups excluding carboxylic acids is 2. The topological polar surface area (TPSA) is 52.7 Å². The van der Waals surface area contributed by atoms with E-state index in [0.29, 0.717) is 25.3 Å². The van der Waals surface area contributed by atoms with E-state index in [1.807, 2.05) is 4.90 Å². The average Bonchev–Trinajstić information content (AvgIpc) is 2.45. The van der Waals surface area contributed by atoms with Gasteiger partial charge in [0, 0.05) is 39.5 Å². The fraction of sp³-hybridized carbons (Fsp3) is 0.867. The smallest absolute Gasteiger partial charge is 0.222 e. The van der Waals surface area contributed by atoms with E-state index in [1.165, 1.54) is 0 Å². The van der Waals surface area contributed by atoms with Gasteiger partial charge in [0.2, 0.25) is 11.8 Å². The Bertz CT molecular complexity index is 312. The molecule has 1 aliphatic heterocycles. The third-order valence-electron chi connectivity index (χ3n) is 3.81. The standard InChI is InChI=1S/C15H29N3O2/c1-4-12-18(13-8-10-16-11-9-13)15(20)7-5-6-14(19)17(2)3/h13,16H,4-12H2,1-3H3. The summed E-state index contributed by atoms with van der Waals surface area (Å²) in [5, 5.41) is 3.33. The predicted molar refractivity (Wildman–Crippen MR) is 80.4 cm³/mol. The van der Waals surface area contributed by atoms with Crippen molar-refractivity contribution in [2.45, 2.75) is 51.5 Å². The Morgan fingerprint density at radius 3 is 2.25 bits per heavy atom. The molecule has 0 aromatic carbocycles. The van der Waals surface area contributed by atoms with Crippen molar-refractivity contribution in [2.75, 3.05) is 33.7 Å². The van der Waals surface area contributed by atoms with Crippen molar-refractivity contribution >= 4 is 11.8 Å². The van der Waals surface area contributed by atoms with Gasteiger partial charge in [-0.3, -0.25) is 9.59 Å². The molecular weight excluding hydrogens is 254 g/mol. The van der Waals surface area contributed by atoms with Crippen LogP contribution in [0, 0.1) is 0 Å². The first-order chi connectivity index (χ1) is 9.56. The molecule has 0 aromatic heterocycles. The molecule has 1 fully saturated rings. The largest absolute Gasteiger partial charge is 0.349 e. The molecule has 0 unspecified atom stereocenters. The molecule has 5 nitrogen and oxygen atoms in total. The summed E-state index contributed by atoms with van der Waals surface area (Å²) in [6.07, 6.45) is 4.69. The van der Waals surface area contributed by atoms with Crippen molar-refractivity contribution in [2.24, 2.45) is 0 Å². The molecule has 0 saturated carbocycles. The third kappa shape index (κ3) is 5.49. The number of carbonyl (C=O) groups is 2. The summed E-state index contributed by atoms with van der Waals surface area (Å²) in [6.45, 7) is 4.94. The van der Waals surface area contributed by atoms with Crippen LogP contribution in [0.15, 0.2) is 0 Å². The molecule has 0 bridgehead atoms. The fourth-order valence-electron chi connectivity index (χ4n) is 2.63. The van der Waals surface area contributed by atoms with Gasteiger partial charge in [-0.2, -0.15) is 0 Å². The Labute approximate surface area is 122 Å². The molecule has 1 rings (SSSR count). The van der Waals surface area contributed by atoms with E-state index in [9.17, 15) is 9.59 Å². The Morgan fingerprint density at radius 1 is 1.10 bits per heavy atom. The SMILES string of the molecule is CCCN(C(=O)CCCC(=O)N(C)C)C1CCNCC1. The molecule has 1 N–H and O–H groups in total. The van der Waals surface area contributed by atoms with Crippen LogP contribution in [0.2, 0.25) is 0 Å². The number of hydrogen-bond donors (Lipinski definition) is 1. The predicted octanol–water partition coefficient (Wildman–Crippen LogP) is 1.24. The van der Waals surface area contributed by atoms with E-state index in [0.717, 1.165) is 38.9 Å². The number of nitrogens with one attached hydrogen (secondary N) is 1. The minimum absolute atomic E-state index is 0.0988. The van der Waals surface area contributed by atoms with Crippen LogP contribution < -0.4 is 5.32 Å². The minimum Gasteiger partial charge on any atom is -0.349 e. The maximum Gasteiger partial charge on any atom is 0.222 e. The Balaban J connectivity index is 2.41. The molecule has 1 saturated heterocycles. The van der Waals surface area contributed by atoms with Gasteiger partial charge >= 0.3 is 0 Å². The average molecular weight is 283 g/mol. The van der Waals surface area contributed by atoms with Gasteiger partial charge in [0.15, 0.2) is 0 Å². The first kappa shape index (κ1) is 17.0. The lowest BCUT2D eigenvalue weighted by Gasteiger charge is -2.34. The molecule has 0 atom stereocenters. The zero-order chi connectivity index (χ0) is 15.0. The summed E-state index contributed by atoms with van der Waals surface area (Å²) in [5.74, 6) is 0.312. The van der Waals surface area contributed by atoms with E-state index in [2.05, 4.69) is 12.2 Å². The van der Waals surface area contributed by atoms with Crippen LogP contribution in [0.4, 0.5) is 0 Å². The number of rotatable bonds is 7. The van der Waals surface area contributed by atoms with E-state index in [-0.39, 0.29) is 11.8 Å². The maximum absolute atomic E-state index is 12.4. The molecule has 1 aliphatic rings. The van der Waals surface area contributed by atoms with Crippen LogP contribution in [0.25, 0.3) is 0 Å². The normalized spacial score (nSPS) is 15.9. The molecule has 20 heavy (non-hydrogen) atoms. The third-order valence-corrected chi connectivity index (χ3v) is 3.81. The fourth-order valence-corrected chi connectivity index (χ4v) is 2.63. The van der Waals surface area contributed by atoms with Crippen LogP contribution in [-0.4, -0.2) is 61.4 Å². The summed E-state index contributed by atoms with van der Waals surface area (Å²) in [5.41, 5.74) is 0. The van der Waals surface area contributed by atoms with E-state index >= 15 is 0 Å². The zero-order valence-electron chi connectivity index (χ0n) is 13.2. The zero-order valence-corrected chi connectivity index (χ0v) is 13.2. The van der Waals surface area contributed by atoms with Gasteiger partial charge in [-0.25, -0.2) is 0 Å². The first-order valence-corrected chi connectivity index (χ1v) is 7.76. The highest BCUT2D eigenvalue weighted by Gasteiger charge is 2.24. The maximum atomic E-state index is 12.4. The van der Waals surface area contributed by atoms with Crippen molar-refractivity contribution in [3.8, 4) is 0 Å². The van der Waals surface area contributed by atoms with Crippen LogP contribution in [0.5, 0.6) is 0 Å². The minimum atomic E-state index is 0.0988. The molecule has 1 heterocycles. The van der Waals surface area contributed by atoms with Crippen LogP contribution in [-0.2, 0) is 9.59 Å². The molecular formula is C15H29N3O2. The lowest BCUT2D eigenvalue weighted by Crippen LogP contribution is -2.46. The highest BCUT2D eigenvalue weighted by molar-refractivity contribution is 5.79. The van der Waals surface area contributed by atoms with Crippen molar-refractivity contribution in [1.29, 1.82) is 0 Å². The Hall–Kier alpha value is -1.10. The van der Waals surface area contributed by atoms with Crippen molar-refractivity contribution in [3.63, 3.8) is 0 Å². The number of amides is 2. The second-order valence-corrected chi connectivity index (χ2v) is 5.71. The number of nitrogens with zero attached hydrogens (tertiary/aromatic N) is 2. The van der Waals surface area contributed by atoms with Gasteiger partial charge in [0.25, 0.3) is 0 Å². The summed E-state index contributed by atoms with van der Waals surface area (Å²) >= 11 is 0. The molecule has 116 valence electrons. The molecule has 2 amide bonds. The van der Waals surface area contributed by atoms with Gasteiger partial charge in [0.05, 0.1) is 0 Å². The van der Waals surface area contributed by atoms with Crippen molar-refractivity contribution in [3.05, 3.63) is 0 Å². The van der Waals surface area contributed by atoms with Gasteiger partial charge in [0.1, 0.15) is 0 Å². The second-order valence-electron chi connectivity index (χ2n) is 5.71. The molecule has 0 aliphatic carbocycles. The molecule has 0 spiro atoms. The van der Waals surface area contributed by atoms with Crippen LogP contribution >= 0.6 is 0 Å². The monoisotopic (exact) mass is 283 g/mol. The number of hydrogen-bond acceptors (Lipinski definition) is 3.